The first kappa shape index (κ1) is 17.0. The van der Waals surface area contributed by atoms with Gasteiger partial charge in [-0.05, 0) is 71.1 Å². The first-order valence-electron chi connectivity index (χ1n) is 8.91. The van der Waals surface area contributed by atoms with Gasteiger partial charge in [-0.15, -0.1) is 0 Å². The zero-order chi connectivity index (χ0) is 15.5. The monoisotopic (exact) mass is 294 g/mol. The molecule has 2 saturated heterocycles. The lowest BCUT2D eigenvalue weighted by Crippen LogP contribution is -2.48. The molecule has 2 aliphatic heterocycles. The molecule has 21 heavy (non-hydrogen) atoms. The third kappa shape index (κ3) is 4.53. The highest BCUT2D eigenvalue weighted by Crippen LogP contribution is 2.41. The second kappa shape index (κ2) is 7.23. The van der Waals surface area contributed by atoms with E-state index in [1.807, 2.05) is 13.8 Å². The van der Waals surface area contributed by atoms with Crippen molar-refractivity contribution in [2.45, 2.75) is 65.8 Å². The maximum absolute atomic E-state index is 11.7. The number of rotatable bonds is 5. The van der Waals surface area contributed by atoms with Gasteiger partial charge < -0.3 is 9.80 Å². The zero-order valence-corrected chi connectivity index (χ0v) is 14.5. The summed E-state index contributed by atoms with van der Waals surface area (Å²) in [5.41, 5.74) is 0.615. The summed E-state index contributed by atoms with van der Waals surface area (Å²) in [6.07, 6.45) is 6.18. The van der Waals surface area contributed by atoms with Gasteiger partial charge >= 0.3 is 0 Å². The van der Waals surface area contributed by atoms with Crippen LogP contribution in [0.3, 0.4) is 0 Å². The molecule has 3 heteroatoms. The predicted molar refractivity (Wildman–Crippen MR) is 88.5 cm³/mol. The van der Waals surface area contributed by atoms with Crippen molar-refractivity contribution in [2.24, 2.45) is 11.3 Å². The van der Waals surface area contributed by atoms with Gasteiger partial charge in [-0.25, -0.2) is 0 Å². The molecule has 0 aromatic carbocycles. The lowest BCUT2D eigenvalue weighted by molar-refractivity contribution is -0.122. The summed E-state index contributed by atoms with van der Waals surface area (Å²) >= 11 is 0. The van der Waals surface area contributed by atoms with E-state index in [1.54, 1.807) is 0 Å². The van der Waals surface area contributed by atoms with Gasteiger partial charge in [-0.2, -0.15) is 0 Å². The number of hydrogen-bond donors (Lipinski definition) is 0. The van der Waals surface area contributed by atoms with Crippen LogP contribution in [-0.4, -0.2) is 54.3 Å². The Labute approximate surface area is 131 Å². The van der Waals surface area contributed by atoms with E-state index in [0.717, 1.165) is 13.0 Å². The van der Waals surface area contributed by atoms with E-state index in [-0.39, 0.29) is 5.92 Å². The van der Waals surface area contributed by atoms with Crippen molar-refractivity contribution in [1.82, 2.24) is 9.80 Å². The second-order valence-corrected chi connectivity index (χ2v) is 7.84. The number of hydrogen-bond acceptors (Lipinski definition) is 3. The molecule has 0 bridgehead atoms. The Kier molecular flexibility index (Phi) is 5.84. The Balaban J connectivity index is 1.72. The number of piperidine rings is 2. The van der Waals surface area contributed by atoms with Gasteiger partial charge in [0.1, 0.15) is 5.78 Å². The highest BCUT2D eigenvalue weighted by Gasteiger charge is 2.37. The van der Waals surface area contributed by atoms with Crippen molar-refractivity contribution in [1.29, 1.82) is 0 Å². The molecule has 0 atom stereocenters. The number of Topliss-reactive ketones (excluding diaryl/α,β-unsaturated/α-hetero) is 1. The van der Waals surface area contributed by atoms with Crippen molar-refractivity contribution in [3.8, 4) is 0 Å². The standard InChI is InChI=1S/C18H34N2O/c1-15(2)17(21)5-10-19-11-6-18(7-12-19)8-13-20(14-9-18)16(3)4/h15-16H,5-14H2,1-4H3. The summed E-state index contributed by atoms with van der Waals surface area (Å²) in [7, 11) is 0. The van der Waals surface area contributed by atoms with Crippen LogP contribution in [0.2, 0.25) is 0 Å². The highest BCUT2D eigenvalue weighted by molar-refractivity contribution is 5.80. The van der Waals surface area contributed by atoms with Gasteiger partial charge in [-0.3, -0.25) is 4.79 Å². The van der Waals surface area contributed by atoms with E-state index in [4.69, 9.17) is 0 Å². The molecular formula is C18H34N2O. The fourth-order valence-corrected chi connectivity index (χ4v) is 3.82. The Morgan fingerprint density at radius 2 is 1.48 bits per heavy atom. The van der Waals surface area contributed by atoms with Crippen LogP contribution in [0.4, 0.5) is 0 Å². The third-order valence-electron chi connectivity index (χ3n) is 5.82. The molecule has 0 aromatic rings. The van der Waals surface area contributed by atoms with E-state index < -0.39 is 0 Å². The molecule has 0 saturated carbocycles. The molecule has 3 nitrogen and oxygen atoms in total. The molecule has 0 N–H and O–H groups in total. The van der Waals surface area contributed by atoms with E-state index in [1.165, 1.54) is 51.9 Å². The topological polar surface area (TPSA) is 23.6 Å². The summed E-state index contributed by atoms with van der Waals surface area (Å²) in [4.78, 5) is 16.9. The second-order valence-electron chi connectivity index (χ2n) is 7.84. The Bertz CT molecular complexity index is 333. The van der Waals surface area contributed by atoms with Gasteiger partial charge in [-0.1, -0.05) is 13.8 Å². The molecule has 0 aliphatic carbocycles. The fraction of sp³-hybridized carbons (Fsp3) is 0.944. The Morgan fingerprint density at radius 1 is 0.952 bits per heavy atom. The maximum Gasteiger partial charge on any atom is 0.136 e. The van der Waals surface area contributed by atoms with E-state index in [2.05, 4.69) is 23.6 Å². The maximum atomic E-state index is 11.7. The summed E-state index contributed by atoms with van der Waals surface area (Å²) in [5.74, 6) is 0.613. The number of ketones is 1. The first-order valence-corrected chi connectivity index (χ1v) is 8.91. The highest BCUT2D eigenvalue weighted by atomic mass is 16.1. The summed E-state index contributed by atoms with van der Waals surface area (Å²) in [6, 6.07) is 0.699. The molecule has 0 aromatic heterocycles. The van der Waals surface area contributed by atoms with Crippen LogP contribution in [-0.2, 0) is 4.79 Å². The smallest absolute Gasteiger partial charge is 0.136 e. The average molecular weight is 294 g/mol. The SMILES string of the molecule is CC(C)C(=O)CCN1CCC2(CC1)CCN(C(C)C)CC2. The summed E-state index contributed by atoms with van der Waals surface area (Å²) in [5, 5.41) is 0. The van der Waals surface area contributed by atoms with E-state index in [9.17, 15) is 4.79 Å². The lowest BCUT2D eigenvalue weighted by Gasteiger charge is -2.47. The Hall–Kier alpha value is -0.410. The quantitative estimate of drug-likeness (QED) is 0.778. The molecular weight excluding hydrogens is 260 g/mol. The largest absolute Gasteiger partial charge is 0.303 e. The fourth-order valence-electron chi connectivity index (χ4n) is 3.82. The molecule has 2 rings (SSSR count). The van der Waals surface area contributed by atoms with E-state index in [0.29, 0.717) is 17.2 Å². The lowest BCUT2D eigenvalue weighted by atomic mass is 9.71. The van der Waals surface area contributed by atoms with Gasteiger partial charge in [0.15, 0.2) is 0 Å². The molecule has 122 valence electrons. The predicted octanol–water partition coefficient (Wildman–Crippen LogP) is 3.19. The molecule has 0 unspecified atom stereocenters. The van der Waals surface area contributed by atoms with Gasteiger partial charge in [0, 0.05) is 24.9 Å². The van der Waals surface area contributed by atoms with Crippen molar-refractivity contribution in [3.05, 3.63) is 0 Å². The van der Waals surface area contributed by atoms with Crippen LogP contribution < -0.4 is 0 Å². The van der Waals surface area contributed by atoms with Crippen molar-refractivity contribution in [2.75, 3.05) is 32.7 Å². The number of likely N-dealkylation sites (tertiary alicyclic amines) is 2. The summed E-state index contributed by atoms with van der Waals surface area (Å²) in [6.45, 7) is 14.6. The Morgan fingerprint density at radius 3 is 1.95 bits per heavy atom. The average Bonchev–Trinajstić information content (AvgIpc) is 2.47. The van der Waals surface area contributed by atoms with Crippen LogP contribution in [0.1, 0.15) is 59.8 Å². The van der Waals surface area contributed by atoms with Crippen LogP contribution in [0.15, 0.2) is 0 Å². The van der Waals surface area contributed by atoms with Crippen LogP contribution in [0, 0.1) is 11.3 Å². The third-order valence-corrected chi connectivity index (χ3v) is 5.82. The van der Waals surface area contributed by atoms with Crippen molar-refractivity contribution in [3.63, 3.8) is 0 Å². The minimum absolute atomic E-state index is 0.196. The van der Waals surface area contributed by atoms with Crippen molar-refractivity contribution < 1.29 is 4.79 Å². The summed E-state index contributed by atoms with van der Waals surface area (Å²) < 4.78 is 0. The molecule has 0 radical (unpaired) electrons. The normalized spacial score (nSPS) is 24.1. The molecule has 0 amide bonds. The zero-order valence-electron chi connectivity index (χ0n) is 14.5. The molecule has 2 heterocycles. The number of carbonyl (C=O) groups is 1. The molecule has 1 spiro atoms. The van der Waals surface area contributed by atoms with Gasteiger partial charge in [0.05, 0.1) is 0 Å². The van der Waals surface area contributed by atoms with Crippen LogP contribution >= 0.6 is 0 Å². The molecule has 2 aliphatic rings. The minimum atomic E-state index is 0.196. The van der Waals surface area contributed by atoms with Crippen LogP contribution in [0.5, 0.6) is 0 Å². The molecule has 2 fully saturated rings. The van der Waals surface area contributed by atoms with Gasteiger partial charge in [0.25, 0.3) is 0 Å². The van der Waals surface area contributed by atoms with Crippen LogP contribution in [0.25, 0.3) is 0 Å². The first-order chi connectivity index (χ1) is 9.92. The van der Waals surface area contributed by atoms with Crippen molar-refractivity contribution >= 4 is 5.78 Å². The number of nitrogens with zero attached hydrogens (tertiary/aromatic N) is 2. The van der Waals surface area contributed by atoms with E-state index >= 15 is 0 Å². The van der Waals surface area contributed by atoms with Gasteiger partial charge in [0.2, 0.25) is 0 Å². The number of carbonyl (C=O) groups excluding carboxylic acids is 1. The minimum Gasteiger partial charge on any atom is -0.303 e.